The zero-order valence-corrected chi connectivity index (χ0v) is 16.3. The maximum Gasteiger partial charge on any atom is 0.352 e. The zero-order chi connectivity index (χ0) is 20.8. The first-order chi connectivity index (χ1) is 14.0. The van der Waals surface area contributed by atoms with E-state index < -0.39 is 18.0 Å². The third kappa shape index (κ3) is 4.70. The van der Waals surface area contributed by atoms with Crippen LogP contribution in [-0.2, 0) is 14.3 Å². The smallest absolute Gasteiger partial charge is 0.352 e. The molecule has 0 aliphatic heterocycles. The second kappa shape index (κ2) is 9.17. The normalized spacial score (nSPS) is 11.4. The van der Waals surface area contributed by atoms with Gasteiger partial charge in [-0.1, -0.05) is 66.2 Å². The molecule has 6 heteroatoms. The SMILES string of the molecule is COC(=O)C(OC(=O)c1ccc(-c2ccc(C=O)cc2)cc1)c1ccccc1Cl. The predicted molar refractivity (Wildman–Crippen MR) is 109 cm³/mol. The third-order valence-corrected chi connectivity index (χ3v) is 4.67. The predicted octanol–water partition coefficient (Wildman–Crippen LogP) is 4.89. The molecular formula is C23H17ClO5. The molecule has 0 N–H and O–H groups in total. The lowest BCUT2D eigenvalue weighted by molar-refractivity contribution is -0.151. The Morgan fingerprint density at radius 1 is 0.897 bits per heavy atom. The number of carbonyl (C=O) groups is 3. The Balaban J connectivity index is 1.80. The van der Waals surface area contributed by atoms with E-state index in [9.17, 15) is 14.4 Å². The molecule has 0 saturated carbocycles. The van der Waals surface area contributed by atoms with Crippen molar-refractivity contribution in [3.63, 3.8) is 0 Å². The van der Waals surface area contributed by atoms with Crippen molar-refractivity contribution in [3.8, 4) is 11.1 Å². The van der Waals surface area contributed by atoms with Gasteiger partial charge in [0.1, 0.15) is 6.29 Å². The number of esters is 2. The van der Waals surface area contributed by atoms with Gasteiger partial charge in [0, 0.05) is 16.1 Å². The number of carbonyl (C=O) groups excluding carboxylic acids is 3. The van der Waals surface area contributed by atoms with Gasteiger partial charge >= 0.3 is 11.9 Å². The van der Waals surface area contributed by atoms with Crippen LogP contribution in [0, 0.1) is 0 Å². The largest absolute Gasteiger partial charge is 0.466 e. The van der Waals surface area contributed by atoms with Crippen molar-refractivity contribution in [1.82, 2.24) is 0 Å². The van der Waals surface area contributed by atoms with E-state index in [-0.39, 0.29) is 5.56 Å². The van der Waals surface area contributed by atoms with Gasteiger partial charge in [-0.05, 0) is 29.3 Å². The highest BCUT2D eigenvalue weighted by Gasteiger charge is 2.28. The molecular weight excluding hydrogens is 392 g/mol. The second-order valence-electron chi connectivity index (χ2n) is 6.15. The molecule has 0 radical (unpaired) electrons. The van der Waals surface area contributed by atoms with Gasteiger partial charge in [-0.25, -0.2) is 9.59 Å². The fourth-order valence-electron chi connectivity index (χ4n) is 2.76. The maximum atomic E-state index is 12.6. The summed E-state index contributed by atoms with van der Waals surface area (Å²) in [6.07, 6.45) is -0.490. The van der Waals surface area contributed by atoms with Crippen molar-refractivity contribution in [2.45, 2.75) is 6.10 Å². The minimum absolute atomic E-state index is 0.277. The van der Waals surface area contributed by atoms with Crippen LogP contribution in [0.5, 0.6) is 0 Å². The topological polar surface area (TPSA) is 69.7 Å². The Morgan fingerprint density at radius 2 is 1.48 bits per heavy atom. The molecule has 0 spiro atoms. The molecule has 5 nitrogen and oxygen atoms in total. The van der Waals surface area contributed by atoms with Gasteiger partial charge < -0.3 is 9.47 Å². The van der Waals surface area contributed by atoms with Crippen LogP contribution in [0.2, 0.25) is 5.02 Å². The van der Waals surface area contributed by atoms with Gasteiger partial charge in [-0.3, -0.25) is 4.79 Å². The van der Waals surface area contributed by atoms with E-state index in [4.69, 9.17) is 21.1 Å². The number of benzene rings is 3. The van der Waals surface area contributed by atoms with Crippen LogP contribution in [0.25, 0.3) is 11.1 Å². The highest BCUT2D eigenvalue weighted by Crippen LogP contribution is 2.28. The molecule has 1 unspecified atom stereocenters. The van der Waals surface area contributed by atoms with Crippen LogP contribution in [0.15, 0.2) is 72.8 Å². The molecule has 3 aromatic rings. The summed E-state index contributed by atoms with van der Waals surface area (Å²) in [6, 6.07) is 20.4. The number of hydrogen-bond acceptors (Lipinski definition) is 5. The standard InChI is InChI=1S/C23H17ClO5/c1-28-23(27)21(19-4-2-3-5-20(19)24)29-22(26)18-12-10-17(11-13-18)16-8-6-15(14-25)7-9-16/h2-14,21H,1H3. The van der Waals surface area contributed by atoms with Gasteiger partial charge in [0.05, 0.1) is 12.7 Å². The molecule has 0 aromatic heterocycles. The van der Waals surface area contributed by atoms with E-state index in [2.05, 4.69) is 0 Å². The summed E-state index contributed by atoms with van der Waals surface area (Å²) in [7, 11) is 1.21. The molecule has 29 heavy (non-hydrogen) atoms. The number of rotatable bonds is 6. The average molecular weight is 409 g/mol. The van der Waals surface area contributed by atoms with Gasteiger partial charge in [-0.15, -0.1) is 0 Å². The first-order valence-corrected chi connectivity index (χ1v) is 9.10. The van der Waals surface area contributed by atoms with Gasteiger partial charge in [0.25, 0.3) is 0 Å². The van der Waals surface area contributed by atoms with Crippen LogP contribution >= 0.6 is 11.6 Å². The van der Waals surface area contributed by atoms with E-state index in [1.165, 1.54) is 7.11 Å². The van der Waals surface area contributed by atoms with Crippen LogP contribution in [0.3, 0.4) is 0 Å². The van der Waals surface area contributed by atoms with Crippen molar-refractivity contribution < 1.29 is 23.9 Å². The van der Waals surface area contributed by atoms with E-state index in [1.54, 1.807) is 60.7 Å². The lowest BCUT2D eigenvalue weighted by Crippen LogP contribution is -2.21. The zero-order valence-electron chi connectivity index (χ0n) is 15.5. The number of methoxy groups -OCH3 is 1. The Hall–Kier alpha value is -3.44. The maximum absolute atomic E-state index is 12.6. The summed E-state index contributed by atoms with van der Waals surface area (Å²) in [5, 5.41) is 0.296. The van der Waals surface area contributed by atoms with E-state index in [0.717, 1.165) is 17.4 Å². The quantitative estimate of drug-likeness (QED) is 0.429. The molecule has 0 aliphatic carbocycles. The fraction of sp³-hybridized carbons (Fsp3) is 0.0870. The Labute approximate surface area is 172 Å². The molecule has 0 aliphatic rings. The summed E-state index contributed by atoms with van der Waals surface area (Å²) in [5.74, 6) is -1.40. The monoisotopic (exact) mass is 408 g/mol. The fourth-order valence-corrected chi connectivity index (χ4v) is 3.00. The number of hydrogen-bond donors (Lipinski definition) is 0. The molecule has 0 bridgehead atoms. The first-order valence-electron chi connectivity index (χ1n) is 8.72. The molecule has 1 atom stereocenters. The van der Waals surface area contributed by atoms with E-state index >= 15 is 0 Å². The Bertz CT molecular complexity index is 1030. The van der Waals surface area contributed by atoms with Crippen molar-refractivity contribution in [2.75, 3.05) is 7.11 Å². The summed E-state index contributed by atoms with van der Waals surface area (Å²) in [6.45, 7) is 0. The number of halogens is 1. The molecule has 0 amide bonds. The van der Waals surface area contributed by atoms with E-state index in [0.29, 0.717) is 16.1 Å². The Kier molecular flexibility index (Phi) is 6.42. The van der Waals surface area contributed by atoms with Crippen molar-refractivity contribution in [2.24, 2.45) is 0 Å². The highest BCUT2D eigenvalue weighted by molar-refractivity contribution is 6.31. The second-order valence-corrected chi connectivity index (χ2v) is 6.55. The molecule has 3 rings (SSSR count). The van der Waals surface area contributed by atoms with Crippen molar-refractivity contribution in [1.29, 1.82) is 0 Å². The lowest BCUT2D eigenvalue weighted by Gasteiger charge is -2.17. The molecule has 0 heterocycles. The summed E-state index contributed by atoms with van der Waals surface area (Å²) >= 11 is 6.14. The molecule has 0 saturated heterocycles. The first kappa shape index (κ1) is 20.3. The minimum atomic E-state index is -1.27. The summed E-state index contributed by atoms with van der Waals surface area (Å²) < 4.78 is 10.1. The van der Waals surface area contributed by atoms with Gasteiger partial charge in [-0.2, -0.15) is 0 Å². The third-order valence-electron chi connectivity index (χ3n) is 4.33. The molecule has 0 fully saturated rings. The van der Waals surface area contributed by atoms with Gasteiger partial charge in [0.2, 0.25) is 6.10 Å². The number of ether oxygens (including phenoxy) is 2. The molecule has 3 aromatic carbocycles. The Morgan fingerprint density at radius 3 is 2.03 bits per heavy atom. The van der Waals surface area contributed by atoms with Crippen LogP contribution in [-0.4, -0.2) is 25.3 Å². The number of aldehydes is 1. The van der Waals surface area contributed by atoms with Crippen LogP contribution < -0.4 is 0 Å². The van der Waals surface area contributed by atoms with Gasteiger partial charge in [0.15, 0.2) is 0 Å². The van der Waals surface area contributed by atoms with Crippen LogP contribution in [0.4, 0.5) is 0 Å². The summed E-state index contributed by atoms with van der Waals surface area (Å²) in [4.78, 5) is 35.5. The highest BCUT2D eigenvalue weighted by atomic mass is 35.5. The average Bonchev–Trinajstić information content (AvgIpc) is 2.77. The lowest BCUT2D eigenvalue weighted by atomic mass is 10.0. The van der Waals surface area contributed by atoms with Crippen LogP contribution in [0.1, 0.15) is 32.4 Å². The van der Waals surface area contributed by atoms with Crippen molar-refractivity contribution >= 4 is 29.8 Å². The minimum Gasteiger partial charge on any atom is -0.466 e. The summed E-state index contributed by atoms with van der Waals surface area (Å²) in [5.41, 5.74) is 2.98. The van der Waals surface area contributed by atoms with Crippen molar-refractivity contribution in [3.05, 3.63) is 94.5 Å². The van der Waals surface area contributed by atoms with E-state index in [1.807, 2.05) is 12.1 Å². The molecule has 146 valence electrons.